The van der Waals surface area contributed by atoms with Gasteiger partial charge in [-0.1, -0.05) is 170 Å². The van der Waals surface area contributed by atoms with Crippen molar-refractivity contribution in [1.82, 2.24) is 5.32 Å². The number of fused-ring (bicyclic) bond motifs is 7. The van der Waals surface area contributed by atoms with Gasteiger partial charge in [0.1, 0.15) is 17.0 Å². The average molecular weight is 784 g/mol. The lowest BCUT2D eigenvalue weighted by atomic mass is 9.94. The van der Waals surface area contributed by atoms with Gasteiger partial charge in [0.25, 0.3) is 0 Å². The molecule has 0 amide bonds. The third-order valence-electron chi connectivity index (χ3n) is 12.0. The molecule has 0 spiro atoms. The lowest BCUT2D eigenvalue weighted by Crippen LogP contribution is -2.32. The van der Waals surface area contributed by atoms with Crippen LogP contribution in [0.25, 0.3) is 65.9 Å². The molecule has 1 N–H and O–H groups in total. The standard InChI is InChI=1S/C56H37N3O2/c1-3-13-36(14-4-1)38-27-30-43(31-28-38)59(44-32-29-37-15-7-8-18-42(37)35-44)48-34-33-45(51-46-19-9-11-21-49(46)60-54(48)51)39-23-25-41(26-24-39)55-57-53(40-16-5-2-6-17-40)52-47-20-10-12-22-50(47)61-56(52)58-55/h1-35,53H,(H,57,58). The summed E-state index contributed by atoms with van der Waals surface area (Å²) in [6.45, 7) is 0. The first-order valence-electron chi connectivity index (χ1n) is 20.6. The van der Waals surface area contributed by atoms with Gasteiger partial charge in [-0.05, 0) is 81.1 Å². The van der Waals surface area contributed by atoms with Gasteiger partial charge in [0.05, 0.1) is 17.3 Å². The summed E-state index contributed by atoms with van der Waals surface area (Å²) in [5.74, 6) is 1.41. The van der Waals surface area contributed by atoms with Crippen molar-refractivity contribution in [2.24, 2.45) is 4.99 Å². The fourth-order valence-electron chi connectivity index (χ4n) is 9.02. The second kappa shape index (κ2) is 14.3. The summed E-state index contributed by atoms with van der Waals surface area (Å²) in [4.78, 5) is 7.38. The number of aliphatic imine (C=N–C) groups is 1. The molecule has 0 radical (unpaired) electrons. The molecule has 0 aliphatic carbocycles. The zero-order chi connectivity index (χ0) is 40.3. The first kappa shape index (κ1) is 34.9. The van der Waals surface area contributed by atoms with Crippen LogP contribution in [-0.4, -0.2) is 5.84 Å². The van der Waals surface area contributed by atoms with Crippen molar-refractivity contribution in [2.75, 3.05) is 4.90 Å². The third kappa shape index (κ3) is 5.97. The Bertz CT molecular complexity index is 3440. The van der Waals surface area contributed by atoms with Crippen LogP contribution in [-0.2, 0) is 0 Å². The van der Waals surface area contributed by atoms with Gasteiger partial charge in [-0.3, -0.25) is 0 Å². The van der Waals surface area contributed by atoms with E-state index in [1.165, 1.54) is 21.9 Å². The Balaban J connectivity index is 0.983. The van der Waals surface area contributed by atoms with Crippen molar-refractivity contribution in [3.63, 3.8) is 0 Å². The highest BCUT2D eigenvalue weighted by molar-refractivity contribution is 6.17. The topological polar surface area (TPSA) is 53.9 Å². The number of hydrogen-bond acceptors (Lipinski definition) is 5. The Kier molecular flexibility index (Phi) is 8.17. The van der Waals surface area contributed by atoms with Gasteiger partial charge in [0, 0.05) is 33.1 Å². The summed E-state index contributed by atoms with van der Waals surface area (Å²) in [7, 11) is 0. The highest BCUT2D eigenvalue weighted by Crippen LogP contribution is 2.47. The van der Waals surface area contributed by atoms with Crippen LogP contribution in [0, 0.1) is 0 Å². The van der Waals surface area contributed by atoms with Crippen molar-refractivity contribution >= 4 is 72.5 Å². The van der Waals surface area contributed by atoms with Gasteiger partial charge in [-0.2, -0.15) is 4.99 Å². The van der Waals surface area contributed by atoms with Gasteiger partial charge < -0.3 is 19.1 Å². The molecule has 12 rings (SSSR count). The maximum Gasteiger partial charge on any atom is 0.227 e. The number of para-hydroxylation sites is 2. The van der Waals surface area contributed by atoms with Crippen molar-refractivity contribution in [3.8, 4) is 22.3 Å². The van der Waals surface area contributed by atoms with E-state index in [-0.39, 0.29) is 6.04 Å². The number of benzene rings is 9. The molecule has 0 saturated heterocycles. The Labute approximate surface area is 352 Å². The molecule has 1 aliphatic rings. The van der Waals surface area contributed by atoms with E-state index < -0.39 is 0 Å². The van der Waals surface area contributed by atoms with Crippen molar-refractivity contribution in [3.05, 3.63) is 229 Å². The normalized spacial score (nSPS) is 13.6. The monoisotopic (exact) mass is 783 g/mol. The number of furan rings is 2. The Morgan fingerprint density at radius 3 is 1.85 bits per heavy atom. The highest BCUT2D eigenvalue weighted by atomic mass is 16.3. The van der Waals surface area contributed by atoms with Crippen LogP contribution in [0.3, 0.4) is 0 Å². The lowest BCUT2D eigenvalue weighted by molar-refractivity contribution is 0.604. The summed E-state index contributed by atoms with van der Waals surface area (Å²) < 4.78 is 13.3. The fourth-order valence-corrected chi connectivity index (χ4v) is 9.02. The van der Waals surface area contributed by atoms with Gasteiger partial charge >= 0.3 is 0 Å². The van der Waals surface area contributed by atoms with Gasteiger partial charge in [0.15, 0.2) is 5.58 Å². The third-order valence-corrected chi connectivity index (χ3v) is 12.0. The van der Waals surface area contributed by atoms with Crippen molar-refractivity contribution < 1.29 is 8.83 Å². The Morgan fingerprint density at radius 1 is 0.459 bits per heavy atom. The molecule has 5 nitrogen and oxygen atoms in total. The minimum Gasteiger partial charge on any atom is -0.454 e. The minimum atomic E-state index is -0.114. The average Bonchev–Trinajstić information content (AvgIpc) is 3.92. The molecule has 288 valence electrons. The molecule has 1 unspecified atom stereocenters. The first-order chi connectivity index (χ1) is 30.2. The van der Waals surface area contributed by atoms with Gasteiger partial charge in [0.2, 0.25) is 5.88 Å². The molecule has 3 heterocycles. The molecule has 1 atom stereocenters. The number of rotatable bonds is 7. The van der Waals surface area contributed by atoms with Crippen molar-refractivity contribution in [1.29, 1.82) is 0 Å². The number of anilines is 3. The molecule has 0 bridgehead atoms. The van der Waals surface area contributed by atoms with Crippen LogP contribution in [0.2, 0.25) is 0 Å². The molecule has 11 aromatic rings. The second-order valence-electron chi connectivity index (χ2n) is 15.6. The van der Waals surface area contributed by atoms with E-state index in [1.54, 1.807) is 0 Å². The molecule has 0 fully saturated rings. The Hall–Kier alpha value is -8.15. The van der Waals surface area contributed by atoms with Crippen LogP contribution < -0.4 is 10.2 Å². The highest BCUT2D eigenvalue weighted by Gasteiger charge is 2.30. The predicted octanol–water partition coefficient (Wildman–Crippen LogP) is 15.1. The van der Waals surface area contributed by atoms with Crippen LogP contribution in [0.4, 0.5) is 22.9 Å². The van der Waals surface area contributed by atoms with Crippen LogP contribution in [0.1, 0.15) is 22.7 Å². The van der Waals surface area contributed by atoms with E-state index in [2.05, 4.69) is 198 Å². The molecule has 9 aromatic carbocycles. The fraction of sp³-hybridized carbons (Fsp3) is 0.0179. The van der Waals surface area contributed by atoms with E-state index in [4.69, 9.17) is 13.8 Å². The zero-order valence-electron chi connectivity index (χ0n) is 33.0. The van der Waals surface area contributed by atoms with Gasteiger partial charge in [-0.25, -0.2) is 0 Å². The maximum absolute atomic E-state index is 6.90. The summed E-state index contributed by atoms with van der Waals surface area (Å²) in [5, 5.41) is 9.35. The van der Waals surface area contributed by atoms with E-state index >= 15 is 0 Å². The minimum absolute atomic E-state index is 0.114. The number of hydrogen-bond donors (Lipinski definition) is 1. The maximum atomic E-state index is 6.90. The quantitative estimate of drug-likeness (QED) is 0.175. The number of amidine groups is 1. The SMILES string of the molecule is c1ccc(-c2ccc(N(c3ccc4ccccc4c3)c3ccc(-c4ccc(C5=Nc6oc7ccccc7c6C(c6ccccc6)N5)cc4)c4c3oc3ccccc34)cc2)cc1. The second-order valence-corrected chi connectivity index (χ2v) is 15.6. The molecule has 2 aromatic heterocycles. The predicted molar refractivity (Wildman–Crippen MR) is 251 cm³/mol. The molecule has 61 heavy (non-hydrogen) atoms. The van der Waals surface area contributed by atoms with E-state index in [1.807, 2.05) is 24.3 Å². The molecule has 0 saturated carbocycles. The molecular weight excluding hydrogens is 747 g/mol. The Morgan fingerprint density at radius 2 is 1.07 bits per heavy atom. The van der Waals surface area contributed by atoms with E-state index in [0.717, 1.165) is 83.6 Å². The van der Waals surface area contributed by atoms with Crippen LogP contribution in [0.5, 0.6) is 0 Å². The largest absolute Gasteiger partial charge is 0.454 e. The van der Waals surface area contributed by atoms with E-state index in [9.17, 15) is 0 Å². The van der Waals surface area contributed by atoms with Gasteiger partial charge in [-0.15, -0.1) is 0 Å². The first-order valence-corrected chi connectivity index (χ1v) is 20.6. The lowest BCUT2D eigenvalue weighted by Gasteiger charge is -2.26. The van der Waals surface area contributed by atoms with Crippen molar-refractivity contribution in [2.45, 2.75) is 6.04 Å². The van der Waals surface area contributed by atoms with Crippen LogP contribution in [0.15, 0.2) is 226 Å². The summed E-state index contributed by atoms with van der Waals surface area (Å²) in [6.07, 6.45) is 0. The smallest absolute Gasteiger partial charge is 0.227 e. The molecule has 5 heteroatoms. The molecular formula is C56H37N3O2. The summed E-state index contributed by atoms with van der Waals surface area (Å²) >= 11 is 0. The van der Waals surface area contributed by atoms with Crippen LogP contribution >= 0.6 is 0 Å². The van der Waals surface area contributed by atoms with E-state index in [0.29, 0.717) is 5.88 Å². The molecule has 1 aliphatic heterocycles. The summed E-state index contributed by atoms with van der Waals surface area (Å²) in [6, 6.07) is 74.5. The summed E-state index contributed by atoms with van der Waals surface area (Å²) in [5.41, 5.74) is 13.2. The zero-order valence-corrected chi connectivity index (χ0v) is 33.0. The number of nitrogens with one attached hydrogen (secondary N) is 1. The number of nitrogens with zero attached hydrogens (tertiary/aromatic N) is 2.